The molecule has 0 aromatic heterocycles. The first-order valence-electron chi connectivity index (χ1n) is 5.05. The highest BCUT2D eigenvalue weighted by Crippen LogP contribution is 2.28. The lowest BCUT2D eigenvalue weighted by atomic mass is 10.2. The monoisotopic (exact) mass is 251 g/mol. The van der Waals surface area contributed by atoms with Gasteiger partial charge in [0.1, 0.15) is 5.75 Å². The van der Waals surface area contributed by atoms with Gasteiger partial charge in [0.25, 0.3) is 0 Å². The fourth-order valence-electron chi connectivity index (χ4n) is 1.41. The maximum Gasteiger partial charge on any atom is 0.167 e. The first-order valence-corrected chi connectivity index (χ1v) is 5.43. The van der Waals surface area contributed by atoms with Crippen molar-refractivity contribution in [2.24, 2.45) is 0 Å². The van der Waals surface area contributed by atoms with Gasteiger partial charge in [-0.2, -0.15) is 0 Å². The largest absolute Gasteiger partial charge is 0.454 e. The molecule has 2 N–H and O–H groups in total. The molecule has 0 unspecified atom stereocenters. The van der Waals surface area contributed by atoms with E-state index in [0.29, 0.717) is 16.5 Å². The Morgan fingerprint density at radius 3 is 2.59 bits per heavy atom. The normalized spacial score (nSPS) is 10.3. The zero-order valence-electron chi connectivity index (χ0n) is 9.21. The zero-order valence-corrected chi connectivity index (χ0v) is 9.96. The third kappa shape index (κ3) is 2.68. The number of aryl methyl sites for hydroxylation is 1. The van der Waals surface area contributed by atoms with Gasteiger partial charge in [-0.15, -0.1) is 0 Å². The van der Waals surface area contributed by atoms with Crippen molar-refractivity contribution < 1.29 is 9.13 Å². The standard InChI is InChI=1S/C13H11ClFNO/c1-8-6-10(3-4-11(8)14)17-13-5-2-9(16)7-12(13)15/h2-7H,16H2,1H3. The van der Waals surface area contributed by atoms with E-state index in [-0.39, 0.29) is 5.75 Å². The summed E-state index contributed by atoms with van der Waals surface area (Å²) >= 11 is 5.89. The molecular weight excluding hydrogens is 241 g/mol. The number of anilines is 1. The lowest BCUT2D eigenvalue weighted by Crippen LogP contribution is -1.91. The minimum atomic E-state index is -0.488. The first kappa shape index (κ1) is 11.7. The number of rotatable bonds is 2. The van der Waals surface area contributed by atoms with E-state index in [2.05, 4.69) is 0 Å². The quantitative estimate of drug-likeness (QED) is 0.814. The summed E-state index contributed by atoms with van der Waals surface area (Å²) < 4.78 is 18.9. The van der Waals surface area contributed by atoms with E-state index in [9.17, 15) is 4.39 Å². The fourth-order valence-corrected chi connectivity index (χ4v) is 1.53. The highest BCUT2D eigenvalue weighted by Gasteiger charge is 2.06. The second-order valence-corrected chi connectivity index (χ2v) is 4.11. The molecule has 0 amide bonds. The van der Waals surface area contributed by atoms with Crippen LogP contribution in [-0.4, -0.2) is 0 Å². The van der Waals surface area contributed by atoms with Crippen LogP contribution < -0.4 is 10.5 Å². The SMILES string of the molecule is Cc1cc(Oc2ccc(N)cc2F)ccc1Cl. The topological polar surface area (TPSA) is 35.2 Å². The van der Waals surface area contributed by atoms with Crippen molar-refractivity contribution in [2.45, 2.75) is 6.92 Å². The molecule has 0 spiro atoms. The Morgan fingerprint density at radius 1 is 1.18 bits per heavy atom. The Morgan fingerprint density at radius 2 is 1.94 bits per heavy atom. The van der Waals surface area contributed by atoms with Crippen LogP contribution >= 0.6 is 11.6 Å². The van der Waals surface area contributed by atoms with Crippen LogP contribution in [0.15, 0.2) is 36.4 Å². The Balaban J connectivity index is 2.28. The lowest BCUT2D eigenvalue weighted by molar-refractivity contribution is 0.442. The smallest absolute Gasteiger partial charge is 0.167 e. The van der Waals surface area contributed by atoms with E-state index in [1.165, 1.54) is 12.1 Å². The van der Waals surface area contributed by atoms with Crippen molar-refractivity contribution in [1.29, 1.82) is 0 Å². The van der Waals surface area contributed by atoms with Crippen LogP contribution in [0.2, 0.25) is 5.02 Å². The second kappa shape index (κ2) is 4.63. The maximum absolute atomic E-state index is 13.5. The average Bonchev–Trinajstić information content (AvgIpc) is 2.27. The molecule has 0 fully saturated rings. The predicted octanol–water partition coefficient (Wildman–Crippen LogP) is 4.16. The summed E-state index contributed by atoms with van der Waals surface area (Å²) in [4.78, 5) is 0. The number of hydrogen-bond donors (Lipinski definition) is 1. The molecule has 0 aliphatic heterocycles. The molecule has 4 heteroatoms. The summed E-state index contributed by atoms with van der Waals surface area (Å²) in [6.45, 7) is 1.86. The number of nitrogen functional groups attached to an aromatic ring is 1. The van der Waals surface area contributed by atoms with E-state index in [1.807, 2.05) is 6.92 Å². The van der Waals surface area contributed by atoms with Crippen LogP contribution in [0.3, 0.4) is 0 Å². The van der Waals surface area contributed by atoms with Gasteiger partial charge in [-0.1, -0.05) is 11.6 Å². The van der Waals surface area contributed by atoms with Crippen LogP contribution in [0.25, 0.3) is 0 Å². The van der Waals surface area contributed by atoms with E-state index >= 15 is 0 Å². The number of halogens is 2. The molecule has 0 radical (unpaired) electrons. The van der Waals surface area contributed by atoms with Gasteiger partial charge in [0.2, 0.25) is 0 Å². The summed E-state index contributed by atoms with van der Waals surface area (Å²) in [6, 6.07) is 9.44. The molecule has 0 heterocycles. The van der Waals surface area contributed by atoms with Crippen LogP contribution in [0.5, 0.6) is 11.5 Å². The summed E-state index contributed by atoms with van der Waals surface area (Å²) in [5.41, 5.74) is 6.69. The van der Waals surface area contributed by atoms with Gasteiger partial charge in [0.05, 0.1) is 0 Å². The minimum absolute atomic E-state index is 0.140. The van der Waals surface area contributed by atoms with E-state index < -0.39 is 5.82 Å². The highest BCUT2D eigenvalue weighted by atomic mass is 35.5. The molecule has 17 heavy (non-hydrogen) atoms. The lowest BCUT2D eigenvalue weighted by Gasteiger charge is -2.08. The molecule has 0 aliphatic rings. The number of benzene rings is 2. The number of hydrogen-bond acceptors (Lipinski definition) is 2. The Kier molecular flexibility index (Phi) is 3.20. The molecule has 88 valence electrons. The van der Waals surface area contributed by atoms with Crippen LogP contribution in [-0.2, 0) is 0 Å². The van der Waals surface area contributed by atoms with Crippen molar-refractivity contribution in [3.05, 3.63) is 52.8 Å². The molecule has 0 atom stereocenters. The van der Waals surface area contributed by atoms with E-state index in [1.54, 1.807) is 24.3 Å². The molecule has 0 saturated heterocycles. The van der Waals surface area contributed by atoms with Gasteiger partial charge >= 0.3 is 0 Å². The van der Waals surface area contributed by atoms with Crippen molar-refractivity contribution in [1.82, 2.24) is 0 Å². The average molecular weight is 252 g/mol. The predicted molar refractivity (Wildman–Crippen MR) is 67.1 cm³/mol. The second-order valence-electron chi connectivity index (χ2n) is 3.70. The van der Waals surface area contributed by atoms with Crippen molar-refractivity contribution in [3.8, 4) is 11.5 Å². The maximum atomic E-state index is 13.5. The molecule has 0 aliphatic carbocycles. The molecule has 2 aromatic carbocycles. The molecule has 0 saturated carbocycles. The Bertz CT molecular complexity index is 557. The van der Waals surface area contributed by atoms with E-state index in [4.69, 9.17) is 22.1 Å². The molecule has 0 bridgehead atoms. The Hall–Kier alpha value is -1.74. The van der Waals surface area contributed by atoms with Crippen LogP contribution in [0.1, 0.15) is 5.56 Å². The van der Waals surface area contributed by atoms with Gasteiger partial charge in [0.15, 0.2) is 11.6 Å². The Labute approximate surface area is 104 Å². The fraction of sp³-hybridized carbons (Fsp3) is 0.0769. The van der Waals surface area contributed by atoms with Crippen LogP contribution in [0, 0.1) is 12.7 Å². The third-order valence-electron chi connectivity index (χ3n) is 2.31. The van der Waals surface area contributed by atoms with Crippen LogP contribution in [0.4, 0.5) is 10.1 Å². The molecule has 2 rings (SSSR count). The van der Waals surface area contributed by atoms with Crippen molar-refractivity contribution in [3.63, 3.8) is 0 Å². The number of ether oxygens (including phenoxy) is 1. The zero-order chi connectivity index (χ0) is 12.4. The van der Waals surface area contributed by atoms with Crippen molar-refractivity contribution >= 4 is 17.3 Å². The summed E-state index contributed by atoms with van der Waals surface area (Å²) in [5, 5.41) is 0.648. The molecule has 2 aromatic rings. The first-order chi connectivity index (χ1) is 8.06. The van der Waals surface area contributed by atoms with Gasteiger partial charge in [0, 0.05) is 16.8 Å². The molecular formula is C13H11ClFNO. The van der Waals surface area contributed by atoms with Gasteiger partial charge in [-0.25, -0.2) is 4.39 Å². The number of nitrogens with two attached hydrogens (primary N) is 1. The van der Waals surface area contributed by atoms with E-state index in [0.717, 1.165) is 5.56 Å². The minimum Gasteiger partial charge on any atom is -0.454 e. The van der Waals surface area contributed by atoms with Gasteiger partial charge in [-0.3, -0.25) is 0 Å². The third-order valence-corrected chi connectivity index (χ3v) is 2.74. The molecule has 2 nitrogen and oxygen atoms in total. The van der Waals surface area contributed by atoms with Gasteiger partial charge < -0.3 is 10.5 Å². The summed E-state index contributed by atoms with van der Waals surface area (Å²) in [6.07, 6.45) is 0. The summed E-state index contributed by atoms with van der Waals surface area (Å²) in [7, 11) is 0. The van der Waals surface area contributed by atoms with Crippen molar-refractivity contribution in [2.75, 3.05) is 5.73 Å². The highest BCUT2D eigenvalue weighted by molar-refractivity contribution is 6.31. The van der Waals surface area contributed by atoms with Gasteiger partial charge in [-0.05, 0) is 42.8 Å². The summed E-state index contributed by atoms with van der Waals surface area (Å²) in [5.74, 6) is 0.189.